The molecule has 22 aromatic carbocycles. The molecule has 7 nitrogen and oxygen atoms in total. The van der Waals surface area contributed by atoms with E-state index in [1.165, 1.54) is 79.1 Å². The van der Waals surface area contributed by atoms with Crippen molar-refractivity contribution >= 4 is 240 Å². The summed E-state index contributed by atoms with van der Waals surface area (Å²) in [5, 5.41) is 14.0. The molecule has 1 aliphatic carbocycles. The summed E-state index contributed by atoms with van der Waals surface area (Å²) in [7, 11) is 0. The van der Waals surface area contributed by atoms with Crippen LogP contribution in [0.1, 0.15) is 31.8 Å². The van der Waals surface area contributed by atoms with Gasteiger partial charge in [-0.3, -0.25) is 0 Å². The number of para-hydroxylation sites is 7. The zero-order valence-electron chi connectivity index (χ0n) is 81.9. The van der Waals surface area contributed by atoms with E-state index in [0.29, 0.717) is 11.4 Å². The van der Waals surface area contributed by atoms with Crippen molar-refractivity contribution in [3.8, 4) is 22.3 Å². The van der Waals surface area contributed by atoms with Gasteiger partial charge < -0.3 is 33.8 Å². The summed E-state index contributed by atoms with van der Waals surface area (Å²) in [5.74, 6) is 0. The van der Waals surface area contributed by atoms with Gasteiger partial charge in [-0.15, -0.1) is 34.0 Å². The minimum absolute atomic E-state index is 0.0700. The van der Waals surface area contributed by atoms with E-state index in [9.17, 15) is 0 Å². The number of nitrogens with zero attached hydrogens (tertiary/aromatic N) is 6. The highest BCUT2D eigenvalue weighted by Crippen LogP contribution is 2.55. The second-order valence-corrected chi connectivity index (χ2v) is 39.5. The largest absolute Gasteiger partial charge is 0.454 e. The monoisotopic (exact) mass is 1860 g/mol. The van der Waals surface area contributed by atoms with Crippen molar-refractivity contribution in [2.24, 2.45) is 0 Å². The highest BCUT2D eigenvalue weighted by molar-refractivity contribution is 7.27. The molecule has 27 rings (SSSR count). The Morgan fingerprint density at radius 1 is 0.213 bits per heavy atom. The van der Waals surface area contributed by atoms with Gasteiger partial charge in [-0.2, -0.15) is 0 Å². The molecule has 0 spiro atoms. The Hall–Kier alpha value is -17.4. The molecule has 0 atom stereocenters. The number of benzene rings is 22. The minimum Gasteiger partial charge on any atom is -0.454 e. The van der Waals surface area contributed by atoms with Gasteiger partial charge in [0.25, 0.3) is 0 Å². The van der Waals surface area contributed by atoms with Crippen LogP contribution in [0.5, 0.6) is 0 Å². The Bertz CT molecular complexity index is 9570. The Morgan fingerprint density at radius 3 is 1.28 bits per heavy atom. The fourth-order valence-electron chi connectivity index (χ4n) is 21.1. The molecule has 10 heteroatoms. The van der Waals surface area contributed by atoms with E-state index >= 15 is 0 Å². The topological polar surface area (TPSA) is 32.6 Å². The van der Waals surface area contributed by atoms with Gasteiger partial charge in [0.2, 0.25) is 0 Å². The third-order valence-corrected chi connectivity index (χ3v) is 31.1. The number of furan rings is 1. The molecule has 0 saturated heterocycles. The lowest BCUT2D eigenvalue weighted by Crippen LogP contribution is -2.17. The lowest BCUT2D eigenvalue weighted by atomic mass is 9.82. The van der Waals surface area contributed by atoms with Crippen LogP contribution < -0.4 is 29.4 Å². The maximum atomic E-state index is 9.06. The SMILES string of the molecule is CC1(C)c2ccccc2-c2ccc(N(c3cccc(N(c4ccccc4)c4cccc(-c5cccc6c5sc5ccccc56)c4)c3)c3ccc4c(c3)sc3ccc(N(c5ccccc5)c5ccccc5)cc34)cc21.[2H]c1c([2H])c([2H])c(N(c2ccccc2)c2cccc(N(c3ccc4c(c3)sc3ccc(N(c5ccc6ccccc6c5)c5cccc6c5oc5ccccc56)cc34)c3cccc4ccccc34)c2)c([2H])c1[2H]. The quantitative estimate of drug-likeness (QED) is 0.0798. The highest BCUT2D eigenvalue weighted by Gasteiger charge is 2.37. The minimum atomic E-state index is -0.437. The Kier molecular flexibility index (Phi) is 19.7. The van der Waals surface area contributed by atoms with Crippen molar-refractivity contribution in [1.82, 2.24) is 0 Å². The van der Waals surface area contributed by atoms with E-state index in [0.717, 1.165) is 144 Å². The molecule has 0 bridgehead atoms. The third kappa shape index (κ3) is 15.1. The molecule has 1 aliphatic rings. The summed E-state index contributed by atoms with van der Waals surface area (Å²) < 4.78 is 57.8. The van der Waals surface area contributed by atoms with Crippen LogP contribution in [0.25, 0.3) is 126 Å². The van der Waals surface area contributed by atoms with Crippen LogP contribution in [-0.2, 0) is 5.41 Å². The van der Waals surface area contributed by atoms with Crippen molar-refractivity contribution in [3.63, 3.8) is 0 Å². The van der Waals surface area contributed by atoms with Gasteiger partial charge in [-0.05, 0) is 268 Å². The molecule has 4 aromatic heterocycles. The first kappa shape index (κ1) is 78.8. The third-order valence-electron chi connectivity index (χ3n) is 27.6. The second kappa shape index (κ2) is 35.3. The molecule has 0 saturated carbocycles. The van der Waals surface area contributed by atoms with Crippen molar-refractivity contribution in [2.45, 2.75) is 19.3 Å². The molecule has 0 amide bonds. The summed E-state index contributed by atoms with van der Waals surface area (Å²) in [6.45, 7) is 4.74. The summed E-state index contributed by atoms with van der Waals surface area (Å²) in [6.07, 6.45) is 0. The van der Waals surface area contributed by atoms with Crippen molar-refractivity contribution < 1.29 is 11.3 Å². The molecule has 0 aliphatic heterocycles. The standard InChI is InChI=1S/C69H49N3S2.C62H41N3OS/c1-69(2)63-33-14-12-29-57(63)58-38-35-54(44-64(58)69)72(55-36-39-60-62-43-53(37-40-66(62)73-67(60)45-55)70(47-20-6-3-7-21-47)48-22-8-4-9-23-48)52-28-17-27-51(42-52)71(49-24-10-5-11-25-49)50-26-16-19-46(41-50)56-31-18-32-61-59-30-13-15-34-65(59)74-68(56)61;1-3-20-45(21-4-1)63(46-22-5-2-6-23-46)47-24-14-25-48(39-47)64(57-29-13-19-43-17-9-10-26-52(43)57)51-34-36-54-56-40-50(35-37-60(56)67-61(54)41-51)65(49-33-32-42-16-7-8-18-44(42)38-49)58-30-15-28-55-53-27-11-12-31-59(53)66-62(55)58/h3-45H,1-2H3;1-41H/i;1D,3D,4D,20D,21D. The summed E-state index contributed by atoms with van der Waals surface area (Å²) in [6, 6.07) is 169. The van der Waals surface area contributed by atoms with Crippen LogP contribution in [0, 0.1) is 0 Å². The lowest BCUT2D eigenvalue weighted by Gasteiger charge is -2.30. The fourth-order valence-corrected chi connectivity index (χ4v) is 24.6. The van der Waals surface area contributed by atoms with E-state index in [1.54, 1.807) is 16.2 Å². The van der Waals surface area contributed by atoms with Crippen molar-refractivity contribution in [1.29, 1.82) is 0 Å². The Balaban J connectivity index is 0.000000148. The molecule has 0 N–H and O–H groups in total. The molecule has 4 heterocycles. The summed E-state index contributed by atoms with van der Waals surface area (Å²) >= 11 is 5.49. The van der Waals surface area contributed by atoms with Crippen LogP contribution in [0.4, 0.5) is 102 Å². The predicted octanol–water partition coefficient (Wildman–Crippen LogP) is 39.5. The molecule has 26 aromatic rings. The molecule has 141 heavy (non-hydrogen) atoms. The zero-order valence-corrected chi connectivity index (χ0v) is 79.4. The average Bonchev–Trinajstić information content (AvgIpc) is 1.54. The first-order valence-corrected chi connectivity index (χ1v) is 50.0. The van der Waals surface area contributed by atoms with Crippen LogP contribution in [0.2, 0.25) is 0 Å². The van der Waals surface area contributed by atoms with Gasteiger partial charge >= 0.3 is 0 Å². The van der Waals surface area contributed by atoms with E-state index in [-0.39, 0.29) is 23.2 Å². The number of hydrogen-bond donors (Lipinski definition) is 0. The summed E-state index contributed by atoms with van der Waals surface area (Å²) in [4.78, 5) is 13.5. The number of anilines is 18. The Morgan fingerprint density at radius 2 is 0.610 bits per heavy atom. The molecular weight excluding hydrogens is 1770 g/mol. The average molecular weight is 1870 g/mol. The lowest BCUT2D eigenvalue weighted by molar-refractivity contribution is 0.660. The number of thiophene rings is 3. The fraction of sp³-hybridized carbons (Fsp3) is 0.0229. The number of hydrogen-bond acceptors (Lipinski definition) is 10. The molecule has 0 unspecified atom stereocenters. The van der Waals surface area contributed by atoms with E-state index in [4.69, 9.17) is 11.3 Å². The maximum Gasteiger partial charge on any atom is 0.159 e. The molecule has 0 fully saturated rings. The number of rotatable bonds is 19. The van der Waals surface area contributed by atoms with Gasteiger partial charge in [-0.1, -0.05) is 305 Å². The van der Waals surface area contributed by atoms with E-state index in [1.807, 2.05) is 89.4 Å². The Labute approximate surface area is 836 Å². The maximum absolute atomic E-state index is 9.06. The molecular formula is C131H90N6OS3. The van der Waals surface area contributed by atoms with Gasteiger partial charge in [0, 0.05) is 173 Å². The van der Waals surface area contributed by atoms with Gasteiger partial charge in [0.05, 0.1) is 18.2 Å². The van der Waals surface area contributed by atoms with E-state index in [2.05, 4.69) is 451 Å². The van der Waals surface area contributed by atoms with Crippen LogP contribution in [-0.4, -0.2) is 0 Å². The van der Waals surface area contributed by atoms with Crippen LogP contribution >= 0.6 is 34.0 Å². The summed E-state index contributed by atoms with van der Waals surface area (Å²) in [5.41, 5.74) is 26.3. The first-order chi connectivity index (χ1) is 71.7. The van der Waals surface area contributed by atoms with Crippen molar-refractivity contribution in [2.75, 3.05) is 29.4 Å². The molecule has 0 radical (unpaired) electrons. The zero-order chi connectivity index (χ0) is 97.9. The first-order valence-electron chi connectivity index (χ1n) is 50.1. The number of fused-ring (bicyclic) bond motifs is 17. The van der Waals surface area contributed by atoms with Crippen LogP contribution in [0.15, 0.2) is 514 Å². The molecule has 668 valence electrons. The van der Waals surface area contributed by atoms with Gasteiger partial charge in [-0.25, -0.2) is 0 Å². The van der Waals surface area contributed by atoms with E-state index < -0.39 is 18.1 Å². The predicted molar refractivity (Wildman–Crippen MR) is 605 cm³/mol. The van der Waals surface area contributed by atoms with Crippen LogP contribution in [0.3, 0.4) is 0 Å². The van der Waals surface area contributed by atoms with Gasteiger partial charge in [0.1, 0.15) is 5.58 Å². The van der Waals surface area contributed by atoms with Gasteiger partial charge in [0.15, 0.2) is 5.58 Å². The highest BCUT2D eigenvalue weighted by atomic mass is 32.1. The normalized spacial score (nSPS) is 12.6. The second-order valence-electron chi connectivity index (χ2n) is 36.3. The smallest absolute Gasteiger partial charge is 0.159 e. The van der Waals surface area contributed by atoms with Crippen molar-refractivity contribution in [3.05, 3.63) is 521 Å².